The zero-order chi connectivity index (χ0) is 17.0. The van der Waals surface area contributed by atoms with E-state index in [0.29, 0.717) is 17.7 Å². The highest BCUT2D eigenvalue weighted by Gasteiger charge is 2.39. The number of ether oxygens (including phenoxy) is 1. The number of carbonyl (C=O) groups excluding carboxylic acids is 1. The minimum Gasteiger partial charge on any atom is -0.393 e. The van der Waals surface area contributed by atoms with Crippen molar-refractivity contribution in [2.24, 2.45) is 0 Å². The van der Waals surface area contributed by atoms with Crippen molar-refractivity contribution in [3.8, 4) is 0 Å². The third-order valence-electron chi connectivity index (χ3n) is 4.10. The highest BCUT2D eigenvalue weighted by molar-refractivity contribution is 5.93. The maximum Gasteiger partial charge on any atom is 0.257 e. The number of aliphatic hydroxyl groups excluding tert-OH is 1. The van der Waals surface area contributed by atoms with Crippen LogP contribution < -0.4 is 0 Å². The summed E-state index contributed by atoms with van der Waals surface area (Å²) in [4.78, 5) is 21.8. The molecule has 0 radical (unpaired) electrons. The van der Waals surface area contributed by atoms with Crippen molar-refractivity contribution in [2.45, 2.75) is 12.0 Å². The van der Waals surface area contributed by atoms with Gasteiger partial charge in [-0.05, 0) is 11.6 Å². The number of morpholine rings is 1. The largest absolute Gasteiger partial charge is 0.393 e. The van der Waals surface area contributed by atoms with Gasteiger partial charge in [-0.1, -0.05) is 18.2 Å². The van der Waals surface area contributed by atoms with Crippen molar-refractivity contribution in [1.29, 1.82) is 0 Å². The second-order valence-corrected chi connectivity index (χ2v) is 5.81. The summed E-state index contributed by atoms with van der Waals surface area (Å²) >= 11 is 0. The Balaban J connectivity index is 1.79. The maximum absolute atomic E-state index is 13.9. The van der Waals surface area contributed by atoms with E-state index in [1.165, 1.54) is 24.8 Å². The summed E-state index contributed by atoms with van der Waals surface area (Å²) < 4.78 is 19.7. The number of halogens is 1. The number of hydrogen-bond donors (Lipinski definition) is 1. The molecule has 1 fully saturated rings. The molecular weight excluding hydrogens is 313 g/mol. The fourth-order valence-electron chi connectivity index (χ4n) is 2.86. The molecule has 24 heavy (non-hydrogen) atoms. The van der Waals surface area contributed by atoms with Gasteiger partial charge in [0.05, 0.1) is 25.3 Å². The van der Waals surface area contributed by atoms with Crippen molar-refractivity contribution in [3.63, 3.8) is 0 Å². The molecule has 1 saturated heterocycles. The average Bonchev–Trinajstić information content (AvgIpc) is 2.64. The first-order valence-electron chi connectivity index (χ1n) is 7.66. The summed E-state index contributed by atoms with van der Waals surface area (Å²) in [5, 5.41) is 9.85. The lowest BCUT2D eigenvalue weighted by Crippen LogP contribution is -2.57. The van der Waals surface area contributed by atoms with Crippen LogP contribution in [0.4, 0.5) is 4.39 Å². The van der Waals surface area contributed by atoms with E-state index in [4.69, 9.17) is 4.74 Å². The fraction of sp³-hybridized carbons (Fsp3) is 0.353. The molecule has 1 amide bonds. The summed E-state index contributed by atoms with van der Waals surface area (Å²) in [5.41, 5.74) is -0.202. The maximum atomic E-state index is 13.9. The highest BCUT2D eigenvalue weighted by atomic mass is 19.1. The van der Waals surface area contributed by atoms with Gasteiger partial charge in [-0.2, -0.15) is 0 Å². The summed E-state index contributed by atoms with van der Waals surface area (Å²) in [6, 6.07) is 6.36. The molecule has 0 saturated carbocycles. The van der Waals surface area contributed by atoms with Crippen LogP contribution in [0.5, 0.6) is 0 Å². The number of nitrogens with zero attached hydrogens (tertiary/aromatic N) is 3. The van der Waals surface area contributed by atoms with Gasteiger partial charge in [0.1, 0.15) is 17.7 Å². The monoisotopic (exact) mass is 331 g/mol. The third kappa shape index (κ3) is 3.42. The van der Waals surface area contributed by atoms with E-state index in [-0.39, 0.29) is 37.9 Å². The van der Waals surface area contributed by atoms with E-state index in [1.54, 1.807) is 23.1 Å². The molecule has 1 N–H and O–H groups in total. The zero-order valence-electron chi connectivity index (χ0n) is 13.1. The molecule has 3 rings (SSSR count). The Hall–Kier alpha value is -2.38. The summed E-state index contributed by atoms with van der Waals surface area (Å²) in [6.07, 6.45) is 4.43. The van der Waals surface area contributed by atoms with Gasteiger partial charge in [0.15, 0.2) is 0 Å². The van der Waals surface area contributed by atoms with Gasteiger partial charge in [-0.25, -0.2) is 14.4 Å². The summed E-state index contributed by atoms with van der Waals surface area (Å²) in [7, 11) is 0. The second kappa shape index (κ2) is 7.02. The zero-order valence-corrected chi connectivity index (χ0v) is 13.1. The second-order valence-electron chi connectivity index (χ2n) is 5.81. The summed E-state index contributed by atoms with van der Waals surface area (Å²) in [6.45, 7) is 0.531. The molecule has 1 aromatic heterocycles. The van der Waals surface area contributed by atoms with Gasteiger partial charge in [0, 0.05) is 25.4 Å². The Morgan fingerprint density at radius 3 is 2.79 bits per heavy atom. The minimum atomic E-state index is -1.02. The number of amides is 1. The standard InChI is InChI=1S/C17H18FN3O3/c18-15-4-2-1-3-13(15)7-17(11-22)10-21(5-6-24-17)16(23)14-8-19-12-20-9-14/h1-4,8-9,12,22H,5-7,10-11H2. The Kier molecular flexibility index (Phi) is 4.82. The molecule has 7 heteroatoms. The van der Waals surface area contributed by atoms with Crippen LogP contribution >= 0.6 is 0 Å². The average molecular weight is 331 g/mol. The van der Waals surface area contributed by atoms with Crippen LogP contribution in [0, 0.1) is 5.82 Å². The lowest BCUT2D eigenvalue weighted by molar-refractivity contribution is -0.123. The van der Waals surface area contributed by atoms with Gasteiger partial charge in [-0.15, -0.1) is 0 Å². The Morgan fingerprint density at radius 1 is 1.33 bits per heavy atom. The molecular formula is C17H18FN3O3. The number of hydrogen-bond acceptors (Lipinski definition) is 5. The number of carbonyl (C=O) groups is 1. The predicted octanol–water partition coefficient (Wildman–Crippen LogP) is 1.06. The number of aromatic nitrogens is 2. The van der Waals surface area contributed by atoms with Crippen LogP contribution in [0.15, 0.2) is 43.0 Å². The van der Waals surface area contributed by atoms with Gasteiger partial charge < -0.3 is 14.7 Å². The van der Waals surface area contributed by atoms with Crippen molar-refractivity contribution in [1.82, 2.24) is 14.9 Å². The van der Waals surface area contributed by atoms with Crippen molar-refractivity contribution in [3.05, 3.63) is 59.9 Å². The fourth-order valence-corrected chi connectivity index (χ4v) is 2.86. The molecule has 2 aromatic rings. The molecule has 1 aliphatic rings. The first kappa shape index (κ1) is 16.5. The van der Waals surface area contributed by atoms with Crippen LogP contribution in [0.3, 0.4) is 0 Å². The van der Waals surface area contributed by atoms with E-state index in [9.17, 15) is 14.3 Å². The molecule has 1 unspecified atom stereocenters. The number of benzene rings is 1. The first-order chi connectivity index (χ1) is 11.6. The van der Waals surface area contributed by atoms with E-state index in [0.717, 1.165) is 0 Å². The van der Waals surface area contributed by atoms with Crippen molar-refractivity contribution >= 4 is 5.91 Å². The molecule has 0 bridgehead atoms. The Labute approximate surface area is 138 Å². The lowest BCUT2D eigenvalue weighted by atomic mass is 9.92. The van der Waals surface area contributed by atoms with Gasteiger partial charge >= 0.3 is 0 Å². The van der Waals surface area contributed by atoms with Crippen LogP contribution in [-0.4, -0.2) is 57.8 Å². The van der Waals surface area contributed by atoms with Gasteiger partial charge in [0.2, 0.25) is 0 Å². The Morgan fingerprint density at radius 2 is 2.08 bits per heavy atom. The van der Waals surface area contributed by atoms with Crippen LogP contribution in [0.25, 0.3) is 0 Å². The van der Waals surface area contributed by atoms with Crippen LogP contribution in [0.2, 0.25) is 0 Å². The van der Waals surface area contributed by atoms with E-state index >= 15 is 0 Å². The minimum absolute atomic E-state index is 0.172. The topological polar surface area (TPSA) is 75.6 Å². The van der Waals surface area contributed by atoms with Crippen molar-refractivity contribution in [2.75, 3.05) is 26.3 Å². The molecule has 126 valence electrons. The Bertz CT molecular complexity index is 713. The lowest BCUT2D eigenvalue weighted by Gasteiger charge is -2.41. The number of rotatable bonds is 4. The first-order valence-corrected chi connectivity index (χ1v) is 7.66. The SMILES string of the molecule is O=C(c1cncnc1)N1CCOC(CO)(Cc2ccccc2F)C1. The molecule has 0 aliphatic carbocycles. The van der Waals surface area contributed by atoms with Crippen molar-refractivity contribution < 1.29 is 19.0 Å². The molecule has 6 nitrogen and oxygen atoms in total. The highest BCUT2D eigenvalue weighted by Crippen LogP contribution is 2.25. The van der Waals surface area contributed by atoms with Gasteiger partial charge in [0.25, 0.3) is 5.91 Å². The quantitative estimate of drug-likeness (QED) is 0.907. The van der Waals surface area contributed by atoms with Gasteiger partial charge in [-0.3, -0.25) is 4.79 Å². The van der Waals surface area contributed by atoms with Crippen LogP contribution in [0.1, 0.15) is 15.9 Å². The van der Waals surface area contributed by atoms with E-state index < -0.39 is 5.60 Å². The molecule has 1 aliphatic heterocycles. The molecule has 1 atom stereocenters. The molecule has 0 spiro atoms. The van der Waals surface area contributed by atoms with E-state index in [1.807, 2.05) is 0 Å². The normalized spacial score (nSPS) is 20.8. The summed E-state index contributed by atoms with van der Waals surface area (Å²) in [5.74, 6) is -0.584. The number of aliphatic hydroxyl groups is 1. The molecule has 1 aromatic carbocycles. The smallest absolute Gasteiger partial charge is 0.257 e. The van der Waals surface area contributed by atoms with Crippen LogP contribution in [-0.2, 0) is 11.2 Å². The third-order valence-corrected chi connectivity index (χ3v) is 4.10. The predicted molar refractivity (Wildman–Crippen MR) is 83.8 cm³/mol. The molecule has 2 heterocycles. The van der Waals surface area contributed by atoms with E-state index in [2.05, 4.69) is 9.97 Å².